The highest BCUT2D eigenvalue weighted by Crippen LogP contribution is 2.30. The predicted octanol–water partition coefficient (Wildman–Crippen LogP) is 3.16. The van der Waals surface area contributed by atoms with Gasteiger partial charge in [-0.05, 0) is 35.4 Å². The lowest BCUT2D eigenvalue weighted by molar-refractivity contribution is -0.138. The van der Waals surface area contributed by atoms with Crippen LogP contribution in [-0.4, -0.2) is 17.1 Å². The minimum atomic E-state index is -1.34. The number of carboxylic acids is 1. The van der Waals surface area contributed by atoms with E-state index >= 15 is 0 Å². The van der Waals surface area contributed by atoms with Crippen molar-refractivity contribution in [3.8, 4) is 0 Å². The van der Waals surface area contributed by atoms with Crippen LogP contribution in [0.15, 0.2) is 42.5 Å². The maximum Gasteiger partial charge on any atom is 0.321 e. The van der Waals surface area contributed by atoms with Gasteiger partial charge in [0.25, 0.3) is 0 Å². The fraction of sp³-hybridized carbons (Fsp3) is 0.133. The zero-order valence-electron chi connectivity index (χ0n) is 10.8. The largest absolute Gasteiger partial charge is 0.480 e. The number of hydrogen-bond acceptors (Lipinski definition) is 2. The molecule has 0 aliphatic heterocycles. The molecule has 0 amide bonds. The van der Waals surface area contributed by atoms with Gasteiger partial charge in [-0.25, -0.2) is 8.78 Å². The highest BCUT2D eigenvalue weighted by Gasteiger charge is 2.28. The van der Waals surface area contributed by atoms with Crippen molar-refractivity contribution in [3.63, 3.8) is 0 Å². The molecular weight excluding hydrogens is 300 g/mol. The van der Waals surface area contributed by atoms with Crippen LogP contribution in [0.3, 0.4) is 0 Å². The van der Waals surface area contributed by atoms with Crippen molar-refractivity contribution in [1.82, 2.24) is 0 Å². The molecule has 0 aliphatic rings. The molecule has 3 nitrogen and oxygen atoms in total. The van der Waals surface area contributed by atoms with Crippen LogP contribution in [0.2, 0.25) is 5.02 Å². The molecule has 21 heavy (non-hydrogen) atoms. The first kappa shape index (κ1) is 15.4. The van der Waals surface area contributed by atoms with Crippen LogP contribution in [0.1, 0.15) is 17.0 Å². The van der Waals surface area contributed by atoms with E-state index in [2.05, 4.69) is 0 Å². The van der Waals surface area contributed by atoms with E-state index in [1.165, 1.54) is 30.3 Å². The topological polar surface area (TPSA) is 63.3 Å². The monoisotopic (exact) mass is 311 g/mol. The lowest BCUT2D eigenvalue weighted by Crippen LogP contribution is -2.37. The van der Waals surface area contributed by atoms with Gasteiger partial charge >= 0.3 is 5.97 Å². The third-order valence-electron chi connectivity index (χ3n) is 3.15. The highest BCUT2D eigenvalue weighted by atomic mass is 35.5. The van der Waals surface area contributed by atoms with Gasteiger partial charge in [-0.1, -0.05) is 29.8 Å². The summed E-state index contributed by atoms with van der Waals surface area (Å²) in [7, 11) is 0. The molecule has 110 valence electrons. The van der Waals surface area contributed by atoms with E-state index < -0.39 is 29.6 Å². The molecule has 2 atom stereocenters. The quantitative estimate of drug-likeness (QED) is 0.911. The van der Waals surface area contributed by atoms with Crippen LogP contribution in [0, 0.1) is 11.6 Å². The normalized spacial score (nSPS) is 13.7. The molecule has 0 aromatic heterocycles. The van der Waals surface area contributed by atoms with Crippen LogP contribution in [0.4, 0.5) is 8.78 Å². The SMILES string of the molecule is N[C@H](C(=O)O)[C@H](c1cccc(F)c1)c1ccc(Cl)c(F)c1. The molecule has 0 aliphatic carbocycles. The van der Waals surface area contributed by atoms with Gasteiger partial charge in [-0.3, -0.25) is 4.79 Å². The molecule has 6 heteroatoms. The van der Waals surface area contributed by atoms with Gasteiger partial charge in [0.05, 0.1) is 5.02 Å². The molecule has 0 saturated heterocycles. The third-order valence-corrected chi connectivity index (χ3v) is 3.46. The molecule has 0 heterocycles. The Balaban J connectivity index is 2.55. The van der Waals surface area contributed by atoms with E-state index in [4.69, 9.17) is 22.4 Å². The highest BCUT2D eigenvalue weighted by molar-refractivity contribution is 6.30. The summed E-state index contributed by atoms with van der Waals surface area (Å²) in [5.41, 5.74) is 6.36. The minimum Gasteiger partial charge on any atom is -0.480 e. The average Bonchev–Trinajstić information content (AvgIpc) is 2.43. The number of aliphatic carboxylic acids is 1. The van der Waals surface area contributed by atoms with Crippen LogP contribution in [0.25, 0.3) is 0 Å². The van der Waals surface area contributed by atoms with Gasteiger partial charge < -0.3 is 10.8 Å². The standard InChI is InChI=1S/C15H12ClF2NO2/c16-11-5-4-9(7-12(11)18)13(14(19)15(20)21)8-2-1-3-10(17)6-8/h1-7,13-14H,19H2,(H,20,21)/t13-,14+/m1/s1. The van der Waals surface area contributed by atoms with E-state index in [-0.39, 0.29) is 5.02 Å². The Labute approximate surface area is 125 Å². The fourth-order valence-electron chi connectivity index (χ4n) is 2.16. The van der Waals surface area contributed by atoms with E-state index in [9.17, 15) is 13.6 Å². The summed E-state index contributed by atoms with van der Waals surface area (Å²) in [5, 5.41) is 9.05. The molecule has 2 aromatic rings. The molecule has 2 rings (SSSR count). The van der Waals surface area contributed by atoms with Crippen LogP contribution >= 0.6 is 11.6 Å². The number of benzene rings is 2. The van der Waals surface area contributed by atoms with Gasteiger partial charge in [-0.15, -0.1) is 0 Å². The summed E-state index contributed by atoms with van der Waals surface area (Å²) < 4.78 is 27.0. The minimum absolute atomic E-state index is 0.0827. The molecular formula is C15H12ClF2NO2. The number of halogens is 3. The second-order valence-electron chi connectivity index (χ2n) is 4.57. The van der Waals surface area contributed by atoms with Gasteiger partial charge in [0.2, 0.25) is 0 Å². The number of hydrogen-bond donors (Lipinski definition) is 2. The third kappa shape index (κ3) is 3.37. The molecule has 2 aromatic carbocycles. The lowest BCUT2D eigenvalue weighted by Gasteiger charge is -2.22. The number of carboxylic acid groups (broad SMARTS) is 1. The molecule has 0 saturated carbocycles. The van der Waals surface area contributed by atoms with Gasteiger partial charge in [0.15, 0.2) is 0 Å². The van der Waals surface area contributed by atoms with Crippen molar-refractivity contribution in [2.45, 2.75) is 12.0 Å². The summed E-state index contributed by atoms with van der Waals surface area (Å²) in [5.74, 6) is -3.36. The maximum absolute atomic E-state index is 13.6. The number of nitrogens with two attached hydrogens (primary N) is 1. The average molecular weight is 312 g/mol. The van der Waals surface area contributed by atoms with Gasteiger partial charge in [0.1, 0.15) is 17.7 Å². The van der Waals surface area contributed by atoms with Crippen LogP contribution < -0.4 is 5.73 Å². The zero-order valence-corrected chi connectivity index (χ0v) is 11.5. The second-order valence-corrected chi connectivity index (χ2v) is 4.98. The summed E-state index contributed by atoms with van der Waals surface area (Å²) >= 11 is 5.62. The van der Waals surface area contributed by atoms with Gasteiger partial charge in [0, 0.05) is 5.92 Å². The molecule has 0 fully saturated rings. The second kappa shape index (κ2) is 6.20. The van der Waals surface area contributed by atoms with E-state index in [0.717, 1.165) is 6.07 Å². The maximum atomic E-state index is 13.6. The fourth-order valence-corrected chi connectivity index (χ4v) is 2.27. The van der Waals surface area contributed by atoms with Crippen LogP contribution in [-0.2, 0) is 4.79 Å². The Kier molecular flexibility index (Phi) is 4.55. The molecule has 0 bridgehead atoms. The van der Waals surface area contributed by atoms with E-state index in [1.54, 1.807) is 6.07 Å². The van der Waals surface area contributed by atoms with Gasteiger partial charge in [-0.2, -0.15) is 0 Å². The Morgan fingerprint density at radius 1 is 1.14 bits per heavy atom. The Morgan fingerprint density at radius 3 is 2.38 bits per heavy atom. The Bertz CT molecular complexity index is 678. The molecule has 0 unspecified atom stereocenters. The molecule has 0 radical (unpaired) electrons. The summed E-state index contributed by atoms with van der Waals surface area (Å²) in [6, 6.07) is 7.96. The van der Waals surface area contributed by atoms with Crippen molar-refractivity contribution in [2.24, 2.45) is 5.73 Å². The molecule has 0 spiro atoms. The van der Waals surface area contributed by atoms with Crippen molar-refractivity contribution >= 4 is 17.6 Å². The van der Waals surface area contributed by atoms with Crippen molar-refractivity contribution < 1.29 is 18.7 Å². The first-order chi connectivity index (χ1) is 9.90. The lowest BCUT2D eigenvalue weighted by atomic mass is 9.85. The number of rotatable bonds is 4. The smallest absolute Gasteiger partial charge is 0.321 e. The van der Waals surface area contributed by atoms with E-state index in [1.807, 2.05) is 0 Å². The van der Waals surface area contributed by atoms with Crippen LogP contribution in [0.5, 0.6) is 0 Å². The first-order valence-corrected chi connectivity index (χ1v) is 6.46. The Morgan fingerprint density at radius 2 is 1.81 bits per heavy atom. The zero-order chi connectivity index (χ0) is 15.6. The van der Waals surface area contributed by atoms with Crippen molar-refractivity contribution in [3.05, 3.63) is 70.2 Å². The first-order valence-electron chi connectivity index (χ1n) is 6.09. The molecule has 3 N–H and O–H groups in total. The predicted molar refractivity (Wildman–Crippen MR) is 75.3 cm³/mol. The van der Waals surface area contributed by atoms with Crippen molar-refractivity contribution in [2.75, 3.05) is 0 Å². The Hall–Kier alpha value is -1.98. The van der Waals surface area contributed by atoms with E-state index in [0.29, 0.717) is 11.1 Å². The summed E-state index contributed by atoms with van der Waals surface area (Å²) in [6.45, 7) is 0. The summed E-state index contributed by atoms with van der Waals surface area (Å²) in [4.78, 5) is 11.2. The number of carbonyl (C=O) groups is 1. The summed E-state index contributed by atoms with van der Waals surface area (Å²) in [6.07, 6.45) is 0. The van der Waals surface area contributed by atoms with Crippen molar-refractivity contribution in [1.29, 1.82) is 0 Å².